The van der Waals surface area contributed by atoms with Crippen LogP contribution in [0.5, 0.6) is 0 Å². The van der Waals surface area contributed by atoms with Crippen LogP contribution in [0.4, 0.5) is 0 Å². The van der Waals surface area contributed by atoms with E-state index in [1.54, 1.807) is 0 Å². The molecule has 0 unspecified atom stereocenters. The molecule has 2 aromatic heterocycles. The van der Waals surface area contributed by atoms with Gasteiger partial charge in [0, 0.05) is 60.2 Å². The van der Waals surface area contributed by atoms with Crippen molar-refractivity contribution in [1.29, 1.82) is 0 Å². The zero-order chi connectivity index (χ0) is 28.5. The molecule has 204 valence electrons. The first kappa shape index (κ1) is 30.3. The summed E-state index contributed by atoms with van der Waals surface area (Å²) in [7, 11) is 0. The highest BCUT2D eigenvalue weighted by molar-refractivity contribution is 5.75. The molecule has 37 heavy (non-hydrogen) atoms. The Balaban J connectivity index is 2.51. The van der Waals surface area contributed by atoms with Gasteiger partial charge in [-0.3, -0.25) is 14.9 Å². The average Bonchev–Trinajstić information content (AvgIpc) is 2.71. The minimum atomic E-state index is -0.570. The number of hydrogen-bond donors (Lipinski definition) is 0. The molecule has 0 spiro atoms. The van der Waals surface area contributed by atoms with E-state index in [0.29, 0.717) is 24.5 Å². The quantitative estimate of drug-likeness (QED) is 0.238. The standard InChI is InChI=1S/C28H45N7O2/c1-18-22(31-24(20(3)29-18)16-34(36)27(8,9)10)14-33(26(5,6)7)15-23-19(2)30-21(4)25(32-23)17-35(37)28(11,12)13/h16-17H,14-15H2,1-13H3/b34-16-,35-17+. The molecule has 2 heterocycles. The lowest BCUT2D eigenvalue weighted by atomic mass is 10.0. The van der Waals surface area contributed by atoms with E-state index in [1.807, 2.05) is 69.2 Å². The van der Waals surface area contributed by atoms with Crippen molar-refractivity contribution in [2.24, 2.45) is 0 Å². The Hall–Kier alpha value is -2.94. The summed E-state index contributed by atoms with van der Waals surface area (Å²) in [5.74, 6) is 0. The first-order valence-corrected chi connectivity index (χ1v) is 12.8. The predicted molar refractivity (Wildman–Crippen MR) is 149 cm³/mol. The first-order chi connectivity index (χ1) is 16.7. The number of nitrogens with zero attached hydrogens (tertiary/aromatic N) is 7. The Labute approximate surface area is 222 Å². The Morgan fingerprint density at radius 2 is 0.919 bits per heavy atom. The third-order valence-electron chi connectivity index (χ3n) is 6.19. The van der Waals surface area contributed by atoms with Crippen LogP contribution in [0.1, 0.15) is 108 Å². The first-order valence-electron chi connectivity index (χ1n) is 12.8. The van der Waals surface area contributed by atoms with E-state index in [1.165, 1.54) is 12.4 Å². The van der Waals surface area contributed by atoms with Crippen molar-refractivity contribution in [2.45, 2.75) is 120 Å². The molecule has 0 saturated heterocycles. The second-order valence-corrected chi connectivity index (χ2v) is 12.7. The van der Waals surface area contributed by atoms with E-state index in [-0.39, 0.29) is 5.54 Å². The van der Waals surface area contributed by atoms with Crippen LogP contribution in [0.25, 0.3) is 0 Å². The summed E-state index contributed by atoms with van der Waals surface area (Å²) >= 11 is 0. The lowest BCUT2D eigenvalue weighted by Gasteiger charge is -2.35. The maximum Gasteiger partial charge on any atom is 0.202 e. The normalized spacial score (nSPS) is 14.0. The number of aryl methyl sites for hydroxylation is 4. The van der Waals surface area contributed by atoms with Gasteiger partial charge in [0.1, 0.15) is 11.4 Å². The molecule has 0 N–H and O–H groups in total. The van der Waals surface area contributed by atoms with Gasteiger partial charge < -0.3 is 10.4 Å². The Kier molecular flexibility index (Phi) is 8.85. The highest BCUT2D eigenvalue weighted by Crippen LogP contribution is 2.22. The van der Waals surface area contributed by atoms with Crippen molar-refractivity contribution in [3.8, 4) is 0 Å². The molecule has 2 rings (SSSR count). The minimum absolute atomic E-state index is 0.224. The van der Waals surface area contributed by atoms with Crippen LogP contribution in [-0.4, -0.2) is 63.4 Å². The van der Waals surface area contributed by atoms with E-state index in [2.05, 4.69) is 25.7 Å². The third-order valence-corrected chi connectivity index (χ3v) is 6.19. The van der Waals surface area contributed by atoms with Crippen molar-refractivity contribution in [1.82, 2.24) is 24.8 Å². The lowest BCUT2D eigenvalue weighted by molar-refractivity contribution is -0.531. The van der Waals surface area contributed by atoms with Crippen molar-refractivity contribution in [3.63, 3.8) is 0 Å². The monoisotopic (exact) mass is 511 g/mol. The molecule has 0 bridgehead atoms. The molecule has 0 aromatic carbocycles. The lowest BCUT2D eigenvalue weighted by Crippen LogP contribution is -2.41. The van der Waals surface area contributed by atoms with Gasteiger partial charge in [-0.15, -0.1) is 0 Å². The molecule has 0 aliphatic rings. The fourth-order valence-corrected chi connectivity index (χ4v) is 3.41. The smallest absolute Gasteiger partial charge is 0.202 e. The maximum atomic E-state index is 12.6. The molecule has 0 atom stereocenters. The van der Waals surface area contributed by atoms with Gasteiger partial charge in [-0.25, -0.2) is 19.4 Å². The summed E-state index contributed by atoms with van der Waals surface area (Å²) in [6, 6.07) is 0. The minimum Gasteiger partial charge on any atom is -0.623 e. The summed E-state index contributed by atoms with van der Waals surface area (Å²) in [4.78, 5) is 21.3. The summed E-state index contributed by atoms with van der Waals surface area (Å²) < 4.78 is 1.84. The topological polar surface area (TPSA) is 107 Å². The van der Waals surface area contributed by atoms with Gasteiger partial charge in [0.15, 0.2) is 11.1 Å². The van der Waals surface area contributed by atoms with Crippen LogP contribution < -0.4 is 0 Å². The van der Waals surface area contributed by atoms with E-state index in [9.17, 15) is 10.4 Å². The van der Waals surface area contributed by atoms with Gasteiger partial charge in [0.05, 0.1) is 34.2 Å². The van der Waals surface area contributed by atoms with E-state index >= 15 is 0 Å². The molecule has 9 heteroatoms. The second kappa shape index (κ2) is 10.8. The van der Waals surface area contributed by atoms with Gasteiger partial charge in [-0.1, -0.05) is 0 Å². The largest absolute Gasteiger partial charge is 0.623 e. The molecular weight excluding hydrogens is 466 g/mol. The molecule has 0 aliphatic heterocycles. The summed E-state index contributed by atoms with van der Waals surface area (Å²) in [5.41, 5.74) is 4.46. The molecule has 0 fully saturated rings. The van der Waals surface area contributed by atoms with E-state index in [0.717, 1.165) is 43.6 Å². The average molecular weight is 512 g/mol. The van der Waals surface area contributed by atoms with Crippen LogP contribution in [0.15, 0.2) is 0 Å². The van der Waals surface area contributed by atoms with Crippen LogP contribution in [0.3, 0.4) is 0 Å². The fourth-order valence-electron chi connectivity index (χ4n) is 3.41. The van der Waals surface area contributed by atoms with Crippen LogP contribution in [0.2, 0.25) is 0 Å². The summed E-state index contributed by atoms with van der Waals surface area (Å²) in [6.45, 7) is 26.2. The molecule has 0 saturated carbocycles. The summed E-state index contributed by atoms with van der Waals surface area (Å²) in [5, 5.41) is 25.2. The maximum absolute atomic E-state index is 12.6. The van der Waals surface area contributed by atoms with Crippen LogP contribution in [0, 0.1) is 38.1 Å². The molecule has 0 amide bonds. The highest BCUT2D eigenvalue weighted by Gasteiger charge is 2.27. The van der Waals surface area contributed by atoms with Crippen molar-refractivity contribution in [3.05, 3.63) is 56.0 Å². The number of aromatic nitrogens is 4. The highest BCUT2D eigenvalue weighted by atomic mass is 16.5. The summed E-state index contributed by atoms with van der Waals surface area (Å²) in [6.07, 6.45) is 3.04. The number of hydrogen-bond acceptors (Lipinski definition) is 7. The van der Waals surface area contributed by atoms with Gasteiger partial charge in [-0.2, -0.15) is 0 Å². The SMILES string of the molecule is Cc1nc(C)c(CN(Cc2nc(/C=[N+](/[O-])C(C)(C)C)c(C)nc2C)C(C)(C)C)nc1/C=[N+](\[O-])C(C)(C)C. The van der Waals surface area contributed by atoms with E-state index < -0.39 is 11.1 Å². The van der Waals surface area contributed by atoms with Crippen LogP contribution in [-0.2, 0) is 13.1 Å². The second-order valence-electron chi connectivity index (χ2n) is 12.7. The van der Waals surface area contributed by atoms with Gasteiger partial charge in [0.2, 0.25) is 12.4 Å². The van der Waals surface area contributed by atoms with Crippen LogP contribution >= 0.6 is 0 Å². The molecule has 0 aliphatic carbocycles. The molecule has 9 nitrogen and oxygen atoms in total. The van der Waals surface area contributed by atoms with E-state index in [4.69, 9.17) is 19.9 Å². The van der Waals surface area contributed by atoms with Crippen molar-refractivity contribution >= 4 is 12.4 Å². The Bertz CT molecular complexity index is 1110. The van der Waals surface area contributed by atoms with Crippen molar-refractivity contribution in [2.75, 3.05) is 0 Å². The predicted octanol–water partition coefficient (Wildman–Crippen LogP) is 4.76. The number of hydroxylamine groups is 2. The van der Waals surface area contributed by atoms with Crippen molar-refractivity contribution < 1.29 is 9.48 Å². The number of rotatable bonds is 6. The molecule has 2 aromatic rings. The molecule has 0 radical (unpaired) electrons. The third kappa shape index (κ3) is 8.02. The zero-order valence-electron chi connectivity index (χ0n) is 25.0. The Morgan fingerprint density at radius 1 is 0.595 bits per heavy atom. The zero-order valence-corrected chi connectivity index (χ0v) is 25.0. The van der Waals surface area contributed by atoms with Gasteiger partial charge >= 0.3 is 0 Å². The van der Waals surface area contributed by atoms with Gasteiger partial charge in [-0.05, 0) is 48.5 Å². The Morgan fingerprint density at radius 3 is 1.19 bits per heavy atom. The van der Waals surface area contributed by atoms with Gasteiger partial charge in [0.25, 0.3) is 0 Å². The molecular formula is C28H45N7O2. The fraction of sp³-hybridized carbons (Fsp3) is 0.643.